The van der Waals surface area contributed by atoms with Crippen molar-refractivity contribution >= 4 is 0 Å². The van der Waals surface area contributed by atoms with Crippen LogP contribution < -0.4 is 5.73 Å². The molecule has 106 valence electrons. The number of nitrogens with zero attached hydrogens (tertiary/aromatic N) is 1. The summed E-state index contributed by atoms with van der Waals surface area (Å²) >= 11 is 0. The maximum Gasteiger partial charge on any atom is 0.123 e. The maximum absolute atomic E-state index is 13.4. The highest BCUT2D eigenvalue weighted by molar-refractivity contribution is 5.21. The quantitative estimate of drug-likeness (QED) is 0.877. The number of hydrogen-bond donors (Lipinski definition) is 2. The van der Waals surface area contributed by atoms with Gasteiger partial charge in [0.15, 0.2) is 0 Å². The summed E-state index contributed by atoms with van der Waals surface area (Å²) in [6, 6.07) is 6.77. The summed E-state index contributed by atoms with van der Waals surface area (Å²) < 4.78 is 13.4. The van der Waals surface area contributed by atoms with Crippen molar-refractivity contribution in [3.63, 3.8) is 0 Å². The zero-order valence-electron chi connectivity index (χ0n) is 11.3. The van der Waals surface area contributed by atoms with E-state index in [9.17, 15) is 9.50 Å². The van der Waals surface area contributed by atoms with Crippen LogP contribution in [0.2, 0.25) is 0 Å². The molecule has 0 aliphatic carbocycles. The van der Waals surface area contributed by atoms with E-state index in [1.165, 1.54) is 12.5 Å². The first-order valence-electron chi connectivity index (χ1n) is 7.08. The molecule has 1 fully saturated rings. The Labute approximate surface area is 114 Å². The molecule has 0 spiro atoms. The molecule has 0 amide bonds. The Balaban J connectivity index is 2.23. The Bertz CT molecular complexity index is 399. The van der Waals surface area contributed by atoms with Crippen molar-refractivity contribution in [3.8, 4) is 0 Å². The van der Waals surface area contributed by atoms with Gasteiger partial charge in [-0.25, -0.2) is 4.39 Å². The van der Waals surface area contributed by atoms with E-state index in [0.717, 1.165) is 31.4 Å². The summed E-state index contributed by atoms with van der Waals surface area (Å²) in [6.07, 6.45) is 4.43. The number of hydrogen-bond acceptors (Lipinski definition) is 3. The molecule has 3 nitrogen and oxygen atoms in total. The fourth-order valence-electron chi connectivity index (χ4n) is 2.98. The molecule has 2 atom stereocenters. The average Bonchev–Trinajstić information content (AvgIpc) is 2.65. The van der Waals surface area contributed by atoms with Crippen LogP contribution in [0.3, 0.4) is 0 Å². The minimum atomic E-state index is -0.230. The molecule has 0 saturated carbocycles. The topological polar surface area (TPSA) is 49.5 Å². The van der Waals surface area contributed by atoms with Crippen molar-refractivity contribution in [1.29, 1.82) is 0 Å². The lowest BCUT2D eigenvalue weighted by Gasteiger charge is -2.36. The van der Waals surface area contributed by atoms with Crippen molar-refractivity contribution in [2.24, 2.45) is 5.73 Å². The van der Waals surface area contributed by atoms with Crippen molar-refractivity contribution in [2.75, 3.05) is 19.7 Å². The monoisotopic (exact) mass is 266 g/mol. The minimum absolute atomic E-state index is 0.00838. The fraction of sp³-hybridized carbons (Fsp3) is 0.600. The summed E-state index contributed by atoms with van der Waals surface area (Å²) in [6.45, 7) is 1.51. The summed E-state index contributed by atoms with van der Waals surface area (Å²) in [4.78, 5) is 2.25. The van der Waals surface area contributed by atoms with Crippen molar-refractivity contribution < 1.29 is 9.50 Å². The zero-order chi connectivity index (χ0) is 13.7. The predicted molar refractivity (Wildman–Crippen MR) is 74.2 cm³/mol. The molecule has 1 saturated heterocycles. The molecule has 4 heteroatoms. The van der Waals surface area contributed by atoms with E-state index in [4.69, 9.17) is 5.73 Å². The standard InChI is InChI=1S/C15H23FN2O/c16-13-6-4-5-12(9-13)15(10-17)18-8-3-1-2-7-14(18)11-19/h4-6,9,14-15,19H,1-3,7-8,10-11,17H2. The first-order valence-corrected chi connectivity index (χ1v) is 7.08. The number of rotatable bonds is 4. The van der Waals surface area contributed by atoms with Crippen LogP contribution in [0.1, 0.15) is 37.3 Å². The van der Waals surface area contributed by atoms with E-state index in [0.29, 0.717) is 6.54 Å². The van der Waals surface area contributed by atoms with Gasteiger partial charge in [0.05, 0.1) is 6.61 Å². The maximum atomic E-state index is 13.4. The van der Waals surface area contributed by atoms with Gasteiger partial charge in [-0.2, -0.15) is 0 Å². The summed E-state index contributed by atoms with van der Waals surface area (Å²) in [7, 11) is 0. The number of halogens is 1. The molecule has 1 aromatic carbocycles. The van der Waals surface area contributed by atoms with E-state index >= 15 is 0 Å². The van der Waals surface area contributed by atoms with E-state index in [1.807, 2.05) is 6.07 Å². The van der Waals surface area contributed by atoms with Crippen LogP contribution >= 0.6 is 0 Å². The lowest BCUT2D eigenvalue weighted by Crippen LogP contribution is -2.43. The van der Waals surface area contributed by atoms with Gasteiger partial charge in [0, 0.05) is 18.6 Å². The third-order valence-corrected chi connectivity index (χ3v) is 3.99. The first kappa shape index (κ1) is 14.4. The van der Waals surface area contributed by atoms with Gasteiger partial charge in [-0.3, -0.25) is 4.90 Å². The number of aliphatic hydroxyl groups is 1. The van der Waals surface area contributed by atoms with E-state index in [2.05, 4.69) is 4.90 Å². The normalized spacial score (nSPS) is 23.0. The summed E-state index contributed by atoms with van der Waals surface area (Å²) in [5.74, 6) is -0.230. The lowest BCUT2D eigenvalue weighted by atomic mass is 10.0. The molecule has 3 N–H and O–H groups in total. The Kier molecular flexibility index (Phi) is 5.31. The number of benzene rings is 1. The Morgan fingerprint density at radius 1 is 1.37 bits per heavy atom. The second-order valence-electron chi connectivity index (χ2n) is 5.23. The van der Waals surface area contributed by atoms with Crippen LogP contribution in [0.15, 0.2) is 24.3 Å². The fourth-order valence-corrected chi connectivity index (χ4v) is 2.98. The molecular weight excluding hydrogens is 243 g/mol. The van der Waals surface area contributed by atoms with Gasteiger partial charge >= 0.3 is 0 Å². The average molecular weight is 266 g/mol. The minimum Gasteiger partial charge on any atom is -0.395 e. The van der Waals surface area contributed by atoms with Gasteiger partial charge in [-0.1, -0.05) is 25.0 Å². The molecule has 0 aromatic heterocycles. The van der Waals surface area contributed by atoms with Gasteiger partial charge in [0.25, 0.3) is 0 Å². The molecular formula is C15H23FN2O. The number of nitrogens with two attached hydrogens (primary N) is 1. The number of aliphatic hydroxyl groups excluding tert-OH is 1. The Hall–Kier alpha value is -0.970. The van der Waals surface area contributed by atoms with Crippen LogP contribution in [0.25, 0.3) is 0 Å². The highest BCUT2D eigenvalue weighted by Gasteiger charge is 2.27. The first-order chi connectivity index (χ1) is 9.26. The van der Waals surface area contributed by atoms with E-state index in [1.54, 1.807) is 12.1 Å². The van der Waals surface area contributed by atoms with Gasteiger partial charge < -0.3 is 10.8 Å². The predicted octanol–water partition coefficient (Wildman–Crippen LogP) is 2.06. The van der Waals surface area contributed by atoms with Crippen LogP contribution in [0, 0.1) is 5.82 Å². The highest BCUT2D eigenvalue weighted by Crippen LogP contribution is 2.27. The van der Waals surface area contributed by atoms with Crippen LogP contribution in [0.5, 0.6) is 0 Å². The molecule has 0 bridgehead atoms. The molecule has 2 unspecified atom stereocenters. The third kappa shape index (κ3) is 3.53. The van der Waals surface area contributed by atoms with E-state index in [-0.39, 0.29) is 24.5 Å². The SMILES string of the molecule is NCC(c1cccc(F)c1)N1CCCCCC1CO. The van der Waals surface area contributed by atoms with Crippen LogP contribution in [-0.2, 0) is 0 Å². The smallest absolute Gasteiger partial charge is 0.123 e. The molecule has 1 aliphatic rings. The van der Waals surface area contributed by atoms with Gasteiger partial charge in [-0.15, -0.1) is 0 Å². The zero-order valence-corrected chi connectivity index (χ0v) is 11.3. The molecule has 1 heterocycles. The van der Waals surface area contributed by atoms with Crippen LogP contribution in [-0.4, -0.2) is 35.7 Å². The molecule has 0 radical (unpaired) electrons. The van der Waals surface area contributed by atoms with Crippen molar-refractivity contribution in [2.45, 2.75) is 37.8 Å². The van der Waals surface area contributed by atoms with Crippen molar-refractivity contribution in [3.05, 3.63) is 35.6 Å². The van der Waals surface area contributed by atoms with Gasteiger partial charge in [0.2, 0.25) is 0 Å². The Morgan fingerprint density at radius 3 is 2.89 bits per heavy atom. The molecule has 2 rings (SSSR count). The summed E-state index contributed by atoms with van der Waals surface area (Å²) in [5, 5.41) is 9.58. The Morgan fingerprint density at radius 2 is 2.21 bits per heavy atom. The third-order valence-electron chi connectivity index (χ3n) is 3.99. The molecule has 1 aliphatic heterocycles. The largest absolute Gasteiger partial charge is 0.395 e. The number of likely N-dealkylation sites (tertiary alicyclic amines) is 1. The van der Waals surface area contributed by atoms with Gasteiger partial charge in [0.1, 0.15) is 5.82 Å². The molecule has 19 heavy (non-hydrogen) atoms. The van der Waals surface area contributed by atoms with Crippen molar-refractivity contribution in [1.82, 2.24) is 4.90 Å². The highest BCUT2D eigenvalue weighted by atomic mass is 19.1. The van der Waals surface area contributed by atoms with Gasteiger partial charge in [-0.05, 0) is 37.1 Å². The van der Waals surface area contributed by atoms with E-state index < -0.39 is 0 Å². The molecule has 1 aromatic rings. The second-order valence-corrected chi connectivity index (χ2v) is 5.23. The summed E-state index contributed by atoms with van der Waals surface area (Å²) in [5.41, 5.74) is 6.81. The van der Waals surface area contributed by atoms with Crippen LogP contribution in [0.4, 0.5) is 4.39 Å². The lowest BCUT2D eigenvalue weighted by molar-refractivity contribution is 0.0869. The second kappa shape index (κ2) is 6.98.